The number of piperidine rings is 1. The molecule has 0 unspecified atom stereocenters. The van der Waals surface area contributed by atoms with E-state index in [0.717, 1.165) is 42.2 Å². The Morgan fingerprint density at radius 1 is 1.32 bits per heavy atom. The van der Waals surface area contributed by atoms with E-state index in [2.05, 4.69) is 5.32 Å². The van der Waals surface area contributed by atoms with Crippen LogP contribution in [0.2, 0.25) is 4.34 Å². The van der Waals surface area contributed by atoms with E-state index < -0.39 is 10.0 Å². The molecule has 0 spiro atoms. The molecule has 2 aliphatic rings. The second-order valence-corrected chi connectivity index (χ2v) is 9.87. The Balaban J connectivity index is 0.00000176. The fourth-order valence-electron chi connectivity index (χ4n) is 2.64. The summed E-state index contributed by atoms with van der Waals surface area (Å²) in [5, 5.41) is 3.57. The first-order valence-corrected chi connectivity index (χ1v) is 10.1. The van der Waals surface area contributed by atoms with Crippen molar-refractivity contribution in [1.29, 1.82) is 0 Å². The number of sulfonamides is 1. The van der Waals surface area contributed by atoms with Gasteiger partial charge in [0.05, 0.1) is 4.34 Å². The molecule has 0 atom stereocenters. The highest BCUT2D eigenvalue weighted by Gasteiger charge is 2.31. The minimum atomic E-state index is -3.37. The van der Waals surface area contributed by atoms with Crippen molar-refractivity contribution in [3.8, 4) is 0 Å². The molecule has 4 nitrogen and oxygen atoms in total. The summed E-state index contributed by atoms with van der Waals surface area (Å²) in [6.07, 6.45) is 4.48. The molecule has 0 radical (unpaired) electrons. The Labute approximate surface area is 147 Å². The largest absolute Gasteiger partial charge is 0.314 e. The van der Waals surface area contributed by atoms with E-state index in [1.165, 1.54) is 12.8 Å². The summed E-state index contributed by atoms with van der Waals surface area (Å²) in [6.45, 7) is 4.13. The van der Waals surface area contributed by atoms with Gasteiger partial charge in [-0.15, -0.1) is 23.7 Å². The molecule has 126 valence electrons. The second kappa shape index (κ2) is 7.36. The van der Waals surface area contributed by atoms with Crippen LogP contribution in [0.3, 0.4) is 0 Å². The van der Waals surface area contributed by atoms with Crippen LogP contribution in [0, 0.1) is 12.8 Å². The molecule has 2 fully saturated rings. The van der Waals surface area contributed by atoms with Crippen molar-refractivity contribution >= 4 is 45.4 Å². The molecular formula is C14H22Cl2N2O2S2. The van der Waals surface area contributed by atoms with Gasteiger partial charge in [-0.3, -0.25) is 0 Å². The molecule has 22 heavy (non-hydrogen) atoms. The molecule has 2 heterocycles. The zero-order chi connectivity index (χ0) is 15.0. The van der Waals surface area contributed by atoms with Crippen LogP contribution in [0.25, 0.3) is 0 Å². The van der Waals surface area contributed by atoms with E-state index in [1.807, 2.05) is 6.92 Å². The summed E-state index contributed by atoms with van der Waals surface area (Å²) >= 11 is 7.16. The number of halogens is 2. The third-order valence-corrected chi connectivity index (χ3v) is 8.18. The maximum Gasteiger partial charge on any atom is 0.252 e. The highest BCUT2D eigenvalue weighted by atomic mass is 35.5. The smallest absolute Gasteiger partial charge is 0.252 e. The molecular weight excluding hydrogens is 363 g/mol. The van der Waals surface area contributed by atoms with Gasteiger partial charge in [0.15, 0.2) is 0 Å². The number of hydrogen-bond acceptors (Lipinski definition) is 4. The number of aryl methyl sites for hydroxylation is 1. The lowest BCUT2D eigenvalue weighted by Crippen LogP contribution is -2.45. The molecule has 0 aromatic carbocycles. The number of hydrogen-bond donors (Lipinski definition) is 1. The lowest BCUT2D eigenvalue weighted by atomic mass is 10.1. The van der Waals surface area contributed by atoms with E-state index in [0.29, 0.717) is 27.7 Å². The summed E-state index contributed by atoms with van der Waals surface area (Å²) in [7, 11) is -3.37. The standard InChI is InChI=1S/C14H21ClN2O2S2.ClH/c1-10-8-13(20-14(10)15)21(18,19)17-6-4-12(5-7-17)16-9-11-2-3-11;/h8,11-12,16H,2-7,9H2,1H3;1H. The van der Waals surface area contributed by atoms with Gasteiger partial charge in [0.1, 0.15) is 4.21 Å². The average Bonchev–Trinajstić information content (AvgIpc) is 3.23. The van der Waals surface area contributed by atoms with Gasteiger partial charge in [-0.25, -0.2) is 8.42 Å². The summed E-state index contributed by atoms with van der Waals surface area (Å²) in [5.74, 6) is 0.864. The summed E-state index contributed by atoms with van der Waals surface area (Å²) in [4.78, 5) is 0. The highest BCUT2D eigenvalue weighted by molar-refractivity contribution is 7.91. The molecule has 1 N–H and O–H groups in total. The van der Waals surface area contributed by atoms with Crippen LogP contribution in [0.4, 0.5) is 0 Å². The Hall–Kier alpha value is 0.150. The van der Waals surface area contributed by atoms with Gasteiger partial charge in [-0.1, -0.05) is 11.6 Å². The molecule has 3 rings (SSSR count). The zero-order valence-corrected chi connectivity index (χ0v) is 15.8. The fourth-order valence-corrected chi connectivity index (χ4v) is 5.97. The Morgan fingerprint density at radius 3 is 2.45 bits per heavy atom. The van der Waals surface area contributed by atoms with Crippen LogP contribution in [-0.4, -0.2) is 38.4 Å². The maximum atomic E-state index is 12.6. The third kappa shape index (κ3) is 4.16. The van der Waals surface area contributed by atoms with Crippen LogP contribution in [0.5, 0.6) is 0 Å². The monoisotopic (exact) mass is 384 g/mol. The van der Waals surface area contributed by atoms with E-state index in [1.54, 1.807) is 10.4 Å². The van der Waals surface area contributed by atoms with Gasteiger partial charge in [-0.05, 0) is 56.7 Å². The Bertz CT molecular complexity index is 587. The molecule has 8 heteroatoms. The predicted molar refractivity (Wildman–Crippen MR) is 93.8 cm³/mol. The summed E-state index contributed by atoms with van der Waals surface area (Å²) in [6, 6.07) is 2.14. The van der Waals surface area contributed by atoms with Crippen molar-refractivity contribution in [3.05, 3.63) is 16.0 Å². The molecule has 1 saturated carbocycles. The van der Waals surface area contributed by atoms with Gasteiger partial charge in [0.25, 0.3) is 10.0 Å². The van der Waals surface area contributed by atoms with Gasteiger partial charge in [0, 0.05) is 19.1 Å². The quantitative estimate of drug-likeness (QED) is 0.846. The first-order chi connectivity index (χ1) is 9.96. The van der Waals surface area contributed by atoms with Crippen LogP contribution >= 0.6 is 35.3 Å². The zero-order valence-electron chi connectivity index (χ0n) is 12.5. The van der Waals surface area contributed by atoms with Crippen molar-refractivity contribution in [2.45, 2.75) is 42.9 Å². The third-order valence-electron chi connectivity index (χ3n) is 4.27. The number of thiophene rings is 1. The topological polar surface area (TPSA) is 49.4 Å². The maximum absolute atomic E-state index is 12.6. The van der Waals surface area contributed by atoms with Gasteiger partial charge in [-0.2, -0.15) is 4.31 Å². The molecule has 1 aromatic rings. The van der Waals surface area contributed by atoms with Crippen molar-refractivity contribution in [2.75, 3.05) is 19.6 Å². The van der Waals surface area contributed by atoms with Crippen LogP contribution in [-0.2, 0) is 10.0 Å². The van der Waals surface area contributed by atoms with E-state index >= 15 is 0 Å². The molecule has 1 saturated heterocycles. The van der Waals surface area contributed by atoms with E-state index in [-0.39, 0.29) is 12.4 Å². The first kappa shape index (κ1) is 18.5. The fraction of sp³-hybridized carbons (Fsp3) is 0.714. The Kier molecular flexibility index (Phi) is 6.19. The number of nitrogens with one attached hydrogen (secondary N) is 1. The first-order valence-electron chi connectivity index (χ1n) is 7.46. The predicted octanol–water partition coefficient (Wildman–Crippen LogP) is 3.28. The lowest BCUT2D eigenvalue weighted by molar-refractivity contribution is 0.288. The van der Waals surface area contributed by atoms with Crippen molar-refractivity contribution in [2.24, 2.45) is 5.92 Å². The Morgan fingerprint density at radius 2 is 1.95 bits per heavy atom. The highest BCUT2D eigenvalue weighted by Crippen LogP contribution is 2.33. The molecule has 1 aliphatic carbocycles. The summed E-state index contributed by atoms with van der Waals surface area (Å²) in [5.41, 5.74) is 0.834. The normalized spacial score (nSPS) is 20.8. The van der Waals surface area contributed by atoms with E-state index in [9.17, 15) is 8.42 Å². The van der Waals surface area contributed by atoms with Crippen LogP contribution in [0.1, 0.15) is 31.2 Å². The average molecular weight is 385 g/mol. The van der Waals surface area contributed by atoms with Crippen molar-refractivity contribution < 1.29 is 8.42 Å². The van der Waals surface area contributed by atoms with E-state index in [4.69, 9.17) is 11.6 Å². The lowest BCUT2D eigenvalue weighted by Gasteiger charge is -2.31. The molecule has 0 amide bonds. The summed E-state index contributed by atoms with van der Waals surface area (Å²) < 4.78 is 27.7. The minimum Gasteiger partial charge on any atom is -0.314 e. The molecule has 0 bridgehead atoms. The van der Waals surface area contributed by atoms with Crippen LogP contribution < -0.4 is 5.32 Å². The minimum absolute atomic E-state index is 0. The number of nitrogens with zero attached hydrogens (tertiary/aromatic N) is 1. The van der Waals surface area contributed by atoms with Gasteiger partial charge >= 0.3 is 0 Å². The van der Waals surface area contributed by atoms with Crippen molar-refractivity contribution in [3.63, 3.8) is 0 Å². The number of rotatable bonds is 5. The molecule has 1 aromatic heterocycles. The SMILES string of the molecule is Cc1cc(S(=O)(=O)N2CCC(NCC3CC3)CC2)sc1Cl.Cl. The van der Waals surface area contributed by atoms with Crippen LogP contribution in [0.15, 0.2) is 10.3 Å². The van der Waals surface area contributed by atoms with Gasteiger partial charge in [0.2, 0.25) is 0 Å². The molecule has 1 aliphatic heterocycles. The van der Waals surface area contributed by atoms with Crippen molar-refractivity contribution in [1.82, 2.24) is 9.62 Å². The van der Waals surface area contributed by atoms with Gasteiger partial charge < -0.3 is 5.32 Å². The second-order valence-electron chi connectivity index (χ2n) is 6.05.